The fourth-order valence-electron chi connectivity index (χ4n) is 1.66. The van der Waals surface area contributed by atoms with E-state index in [1.165, 1.54) is 12.0 Å². The standard InChI is InChI=1S/C11H20N2O4/c1-11(2,3)17-10(15)13-6-8(12-16-4)5-9(13)7-14/h9,14H,5-7H2,1-4H3. The van der Waals surface area contributed by atoms with Gasteiger partial charge in [-0.3, -0.25) is 4.90 Å². The van der Waals surface area contributed by atoms with Gasteiger partial charge >= 0.3 is 6.09 Å². The lowest BCUT2D eigenvalue weighted by molar-refractivity contribution is 0.0180. The Morgan fingerprint density at radius 1 is 1.59 bits per heavy atom. The minimum absolute atomic E-state index is 0.109. The first-order chi connectivity index (χ1) is 7.87. The van der Waals surface area contributed by atoms with Crippen LogP contribution in [0.2, 0.25) is 0 Å². The van der Waals surface area contributed by atoms with Crippen LogP contribution in [0, 0.1) is 0 Å². The summed E-state index contributed by atoms with van der Waals surface area (Å²) in [6, 6.07) is -0.279. The Hall–Kier alpha value is -1.30. The summed E-state index contributed by atoms with van der Waals surface area (Å²) >= 11 is 0. The van der Waals surface area contributed by atoms with Crippen LogP contribution in [0.15, 0.2) is 5.16 Å². The number of oxime groups is 1. The molecule has 1 N–H and O–H groups in total. The third-order valence-corrected chi connectivity index (χ3v) is 2.32. The Labute approximate surface area is 101 Å². The first kappa shape index (κ1) is 13.8. The number of nitrogens with zero attached hydrogens (tertiary/aromatic N) is 2. The van der Waals surface area contributed by atoms with E-state index in [2.05, 4.69) is 9.99 Å². The quantitative estimate of drug-likeness (QED) is 0.735. The number of aliphatic hydroxyl groups excluding tert-OH is 1. The van der Waals surface area contributed by atoms with Gasteiger partial charge in [0.2, 0.25) is 0 Å². The molecule has 1 fully saturated rings. The van der Waals surface area contributed by atoms with Gasteiger partial charge in [-0.2, -0.15) is 0 Å². The van der Waals surface area contributed by atoms with Crippen molar-refractivity contribution in [2.45, 2.75) is 38.8 Å². The van der Waals surface area contributed by atoms with Gasteiger partial charge in [0.25, 0.3) is 0 Å². The molecule has 1 aliphatic heterocycles. The second-order valence-electron chi connectivity index (χ2n) is 4.99. The first-order valence-corrected chi connectivity index (χ1v) is 5.56. The van der Waals surface area contributed by atoms with Crippen molar-refractivity contribution in [1.82, 2.24) is 4.90 Å². The van der Waals surface area contributed by atoms with Gasteiger partial charge in [0.15, 0.2) is 0 Å². The summed E-state index contributed by atoms with van der Waals surface area (Å²) in [7, 11) is 1.46. The number of amides is 1. The van der Waals surface area contributed by atoms with Gasteiger partial charge in [-0.1, -0.05) is 5.16 Å². The van der Waals surface area contributed by atoms with E-state index in [0.29, 0.717) is 13.0 Å². The highest BCUT2D eigenvalue weighted by Crippen LogP contribution is 2.19. The van der Waals surface area contributed by atoms with E-state index in [-0.39, 0.29) is 12.6 Å². The molecule has 0 bridgehead atoms. The number of likely N-dealkylation sites (tertiary alicyclic amines) is 1. The fraction of sp³-hybridized carbons (Fsp3) is 0.818. The first-order valence-electron chi connectivity index (χ1n) is 5.56. The zero-order valence-electron chi connectivity index (χ0n) is 10.8. The molecule has 1 rings (SSSR count). The molecule has 1 aliphatic rings. The van der Waals surface area contributed by atoms with Gasteiger partial charge in [0, 0.05) is 6.42 Å². The Kier molecular flexibility index (Phi) is 4.34. The molecule has 1 saturated heterocycles. The summed E-state index contributed by atoms with van der Waals surface area (Å²) in [5, 5.41) is 13.0. The maximum atomic E-state index is 11.9. The molecule has 1 heterocycles. The third kappa shape index (κ3) is 3.89. The van der Waals surface area contributed by atoms with E-state index in [1.54, 1.807) is 20.8 Å². The van der Waals surface area contributed by atoms with Crippen molar-refractivity contribution in [1.29, 1.82) is 0 Å². The van der Waals surface area contributed by atoms with Crippen LogP contribution >= 0.6 is 0 Å². The summed E-state index contributed by atoms with van der Waals surface area (Å²) < 4.78 is 5.26. The average molecular weight is 244 g/mol. The van der Waals surface area contributed by atoms with Crippen LogP contribution in [-0.2, 0) is 9.57 Å². The lowest BCUT2D eigenvalue weighted by Gasteiger charge is -2.27. The molecule has 6 nitrogen and oxygen atoms in total. The maximum Gasteiger partial charge on any atom is 0.410 e. The lowest BCUT2D eigenvalue weighted by atomic mass is 10.2. The van der Waals surface area contributed by atoms with E-state index in [4.69, 9.17) is 4.74 Å². The van der Waals surface area contributed by atoms with Crippen molar-refractivity contribution in [3.63, 3.8) is 0 Å². The topological polar surface area (TPSA) is 71.4 Å². The summed E-state index contributed by atoms with van der Waals surface area (Å²) in [6.45, 7) is 5.65. The Bertz CT molecular complexity index is 309. The number of carbonyl (C=O) groups is 1. The van der Waals surface area contributed by atoms with Crippen LogP contribution in [0.5, 0.6) is 0 Å². The second kappa shape index (κ2) is 5.35. The van der Waals surface area contributed by atoms with E-state index >= 15 is 0 Å². The Balaban J connectivity index is 2.69. The third-order valence-electron chi connectivity index (χ3n) is 2.32. The summed E-state index contributed by atoms with van der Waals surface area (Å²) in [4.78, 5) is 18.0. The van der Waals surface area contributed by atoms with Crippen molar-refractivity contribution >= 4 is 11.8 Å². The van der Waals surface area contributed by atoms with Crippen molar-refractivity contribution in [3.05, 3.63) is 0 Å². The fourth-order valence-corrected chi connectivity index (χ4v) is 1.66. The molecule has 0 aromatic carbocycles. The van der Waals surface area contributed by atoms with E-state index in [1.807, 2.05) is 0 Å². The van der Waals surface area contributed by atoms with Crippen molar-refractivity contribution < 1.29 is 19.5 Å². The number of carbonyl (C=O) groups excluding carboxylic acids is 1. The van der Waals surface area contributed by atoms with Gasteiger partial charge < -0.3 is 14.7 Å². The SMILES string of the molecule is CON=C1CC(CO)N(C(=O)OC(C)(C)C)C1. The van der Waals surface area contributed by atoms with Gasteiger partial charge in [-0.15, -0.1) is 0 Å². The lowest BCUT2D eigenvalue weighted by Crippen LogP contribution is -2.41. The maximum absolute atomic E-state index is 11.9. The van der Waals surface area contributed by atoms with Crippen LogP contribution < -0.4 is 0 Å². The van der Waals surface area contributed by atoms with E-state index < -0.39 is 11.7 Å². The van der Waals surface area contributed by atoms with Crippen molar-refractivity contribution in [2.75, 3.05) is 20.3 Å². The van der Waals surface area contributed by atoms with Crippen LogP contribution in [-0.4, -0.2) is 53.7 Å². The Morgan fingerprint density at radius 2 is 2.24 bits per heavy atom. The summed E-state index contributed by atoms with van der Waals surface area (Å²) in [5.41, 5.74) is 0.190. The molecule has 1 atom stereocenters. The van der Waals surface area contributed by atoms with Crippen LogP contribution in [0.1, 0.15) is 27.2 Å². The molecule has 0 aromatic rings. The number of rotatable bonds is 2. The molecule has 1 unspecified atom stereocenters. The number of ether oxygens (including phenoxy) is 1. The normalized spacial score (nSPS) is 23.0. The van der Waals surface area contributed by atoms with Gasteiger partial charge in [0.1, 0.15) is 12.7 Å². The number of hydrogen-bond donors (Lipinski definition) is 1. The van der Waals surface area contributed by atoms with Crippen molar-refractivity contribution in [3.8, 4) is 0 Å². The zero-order valence-corrected chi connectivity index (χ0v) is 10.8. The molecule has 0 aliphatic carbocycles. The summed E-state index contributed by atoms with van der Waals surface area (Å²) in [6.07, 6.45) is 0.0849. The van der Waals surface area contributed by atoms with Gasteiger partial charge in [-0.25, -0.2) is 4.79 Å². The highest BCUT2D eigenvalue weighted by atomic mass is 16.6. The van der Waals surface area contributed by atoms with E-state index in [9.17, 15) is 9.90 Å². The zero-order chi connectivity index (χ0) is 13.1. The van der Waals surface area contributed by atoms with Crippen molar-refractivity contribution in [2.24, 2.45) is 5.16 Å². The smallest absolute Gasteiger partial charge is 0.410 e. The van der Waals surface area contributed by atoms with Crippen LogP contribution in [0.25, 0.3) is 0 Å². The molecule has 0 aromatic heterocycles. The molecular formula is C11H20N2O4. The Morgan fingerprint density at radius 3 is 2.71 bits per heavy atom. The highest BCUT2D eigenvalue weighted by molar-refractivity contribution is 5.92. The highest BCUT2D eigenvalue weighted by Gasteiger charge is 2.35. The molecule has 98 valence electrons. The monoisotopic (exact) mass is 244 g/mol. The molecular weight excluding hydrogens is 224 g/mol. The van der Waals surface area contributed by atoms with Crippen LogP contribution in [0.4, 0.5) is 4.79 Å². The molecule has 0 spiro atoms. The molecule has 6 heteroatoms. The van der Waals surface area contributed by atoms with E-state index in [0.717, 1.165) is 5.71 Å². The largest absolute Gasteiger partial charge is 0.444 e. The predicted molar refractivity (Wildman–Crippen MR) is 62.9 cm³/mol. The predicted octanol–water partition coefficient (Wildman–Crippen LogP) is 0.990. The summed E-state index contributed by atoms with van der Waals surface area (Å²) in [5.74, 6) is 0. The molecule has 1 amide bonds. The van der Waals surface area contributed by atoms with Crippen LogP contribution in [0.3, 0.4) is 0 Å². The second-order valence-corrected chi connectivity index (χ2v) is 4.99. The minimum atomic E-state index is -0.543. The van der Waals surface area contributed by atoms with Gasteiger partial charge in [0.05, 0.1) is 24.9 Å². The minimum Gasteiger partial charge on any atom is -0.444 e. The average Bonchev–Trinajstić information content (AvgIpc) is 2.59. The van der Waals surface area contributed by atoms with Gasteiger partial charge in [-0.05, 0) is 20.8 Å². The number of aliphatic hydroxyl groups is 1. The molecule has 0 radical (unpaired) electrons. The molecule has 17 heavy (non-hydrogen) atoms. The number of hydrogen-bond acceptors (Lipinski definition) is 5. The molecule has 0 saturated carbocycles.